The molecular weight excluding hydrogens is 268 g/mol. The fraction of sp³-hybridized carbons (Fsp3) is 0.867. The Morgan fingerprint density at radius 3 is 2.33 bits per heavy atom. The third-order valence-electron chi connectivity index (χ3n) is 4.96. The number of carbonyl (C=O) groups excluding carboxylic acids is 2. The van der Waals surface area contributed by atoms with Crippen molar-refractivity contribution < 1.29 is 9.59 Å². The molecule has 6 heteroatoms. The Balaban J connectivity index is 1.58. The largest absolute Gasteiger partial charge is 0.304 e. The molecule has 0 aromatic heterocycles. The minimum Gasteiger partial charge on any atom is -0.304 e. The van der Waals surface area contributed by atoms with Crippen molar-refractivity contribution in [2.24, 2.45) is 0 Å². The van der Waals surface area contributed by atoms with Crippen molar-refractivity contribution in [2.45, 2.75) is 50.6 Å². The second-order valence-electron chi connectivity index (χ2n) is 6.57. The second kappa shape index (κ2) is 6.42. The summed E-state index contributed by atoms with van der Waals surface area (Å²) in [7, 11) is 2.10. The lowest BCUT2D eigenvalue weighted by molar-refractivity contribution is -0.142. The lowest BCUT2D eigenvalue weighted by Crippen LogP contribution is -2.55. The normalized spacial score (nSPS) is 30.3. The van der Waals surface area contributed by atoms with Crippen molar-refractivity contribution in [3.05, 3.63) is 0 Å². The van der Waals surface area contributed by atoms with Gasteiger partial charge in [-0.3, -0.25) is 14.5 Å². The Kier molecular flexibility index (Phi) is 4.57. The Hall–Kier alpha value is -0.980. The zero-order chi connectivity index (χ0) is 14.8. The molecule has 1 unspecified atom stereocenters. The minimum absolute atomic E-state index is 0.00849. The summed E-state index contributed by atoms with van der Waals surface area (Å²) in [5, 5.41) is 2.10. The molecule has 3 rings (SSSR count). The Bertz CT molecular complexity index is 400. The van der Waals surface area contributed by atoms with Gasteiger partial charge < -0.3 is 4.90 Å². The fourth-order valence-corrected chi connectivity index (χ4v) is 3.63. The molecule has 2 saturated heterocycles. The summed E-state index contributed by atoms with van der Waals surface area (Å²) in [6, 6.07) is -0.194. The van der Waals surface area contributed by atoms with E-state index in [2.05, 4.69) is 22.4 Å². The van der Waals surface area contributed by atoms with Gasteiger partial charge in [0.25, 0.3) is 0 Å². The van der Waals surface area contributed by atoms with E-state index in [4.69, 9.17) is 0 Å². The van der Waals surface area contributed by atoms with Crippen molar-refractivity contribution in [1.29, 1.82) is 0 Å². The van der Waals surface area contributed by atoms with Gasteiger partial charge in [-0.1, -0.05) is 19.3 Å². The number of imide groups is 1. The summed E-state index contributed by atoms with van der Waals surface area (Å²) >= 11 is 0. The van der Waals surface area contributed by atoms with Gasteiger partial charge in [-0.2, -0.15) is 0 Å². The molecule has 2 heterocycles. The summed E-state index contributed by atoms with van der Waals surface area (Å²) in [6.45, 7) is 3.79. The predicted molar refractivity (Wildman–Crippen MR) is 79.3 cm³/mol. The van der Waals surface area contributed by atoms with Crippen LogP contribution in [0.5, 0.6) is 0 Å². The molecule has 21 heavy (non-hydrogen) atoms. The number of nitrogens with zero attached hydrogens (tertiary/aromatic N) is 3. The van der Waals surface area contributed by atoms with Crippen LogP contribution in [-0.4, -0.2) is 71.9 Å². The number of likely N-dealkylation sites (N-methyl/N-ethyl adjacent to an activating group) is 1. The molecule has 2 aliphatic heterocycles. The van der Waals surface area contributed by atoms with E-state index in [-0.39, 0.29) is 23.9 Å². The number of amides is 2. The Morgan fingerprint density at radius 1 is 1.00 bits per heavy atom. The van der Waals surface area contributed by atoms with Crippen LogP contribution in [-0.2, 0) is 9.59 Å². The maximum absolute atomic E-state index is 12.6. The van der Waals surface area contributed by atoms with E-state index in [9.17, 15) is 9.59 Å². The number of hydrazine groups is 1. The van der Waals surface area contributed by atoms with Crippen molar-refractivity contribution in [2.75, 3.05) is 33.2 Å². The molecule has 3 fully saturated rings. The van der Waals surface area contributed by atoms with Crippen molar-refractivity contribution in [3.8, 4) is 0 Å². The van der Waals surface area contributed by atoms with Gasteiger partial charge in [-0.05, 0) is 19.9 Å². The molecule has 6 nitrogen and oxygen atoms in total. The van der Waals surface area contributed by atoms with Gasteiger partial charge in [0, 0.05) is 32.2 Å². The summed E-state index contributed by atoms with van der Waals surface area (Å²) in [5.74, 6) is 0.00403. The molecule has 0 aromatic carbocycles. The quantitative estimate of drug-likeness (QED) is 0.754. The van der Waals surface area contributed by atoms with E-state index >= 15 is 0 Å². The number of piperazine rings is 1. The van der Waals surface area contributed by atoms with Crippen LogP contribution in [0.4, 0.5) is 0 Å². The zero-order valence-corrected chi connectivity index (χ0v) is 12.9. The topological polar surface area (TPSA) is 55.9 Å². The smallest absolute Gasteiger partial charge is 0.248 e. The molecule has 0 spiro atoms. The van der Waals surface area contributed by atoms with Crippen LogP contribution in [0.3, 0.4) is 0 Å². The Morgan fingerprint density at radius 2 is 1.67 bits per heavy atom. The monoisotopic (exact) mass is 294 g/mol. The average Bonchev–Trinajstić information content (AvgIpc) is 2.77. The van der Waals surface area contributed by atoms with Gasteiger partial charge in [-0.25, -0.2) is 10.4 Å². The van der Waals surface area contributed by atoms with Crippen molar-refractivity contribution in [1.82, 2.24) is 20.2 Å². The standard InChI is InChI=1S/C15H26N4O2/c1-17-7-9-18(10-8-17)16-13-11-14(20)19(15(13)21)12-5-3-2-4-6-12/h12-13,16H,2-11H2,1H3. The molecule has 1 atom stereocenters. The number of carbonyl (C=O) groups is 2. The van der Waals surface area contributed by atoms with E-state index in [1.807, 2.05) is 0 Å². The highest BCUT2D eigenvalue weighted by molar-refractivity contribution is 6.05. The Labute approximate surface area is 126 Å². The molecule has 1 N–H and O–H groups in total. The second-order valence-corrected chi connectivity index (χ2v) is 6.57. The van der Waals surface area contributed by atoms with E-state index in [0.29, 0.717) is 6.42 Å². The molecular formula is C15H26N4O2. The van der Waals surface area contributed by atoms with Gasteiger partial charge in [0.1, 0.15) is 6.04 Å². The molecule has 1 aliphatic carbocycles. The lowest BCUT2D eigenvalue weighted by atomic mass is 9.94. The number of hydrogen-bond donors (Lipinski definition) is 1. The van der Waals surface area contributed by atoms with Crippen LogP contribution in [0, 0.1) is 0 Å². The highest BCUT2D eigenvalue weighted by Gasteiger charge is 2.43. The first-order valence-corrected chi connectivity index (χ1v) is 8.21. The minimum atomic E-state index is -0.345. The van der Waals surface area contributed by atoms with Gasteiger partial charge in [0.15, 0.2) is 0 Å². The first-order valence-electron chi connectivity index (χ1n) is 8.21. The van der Waals surface area contributed by atoms with Gasteiger partial charge in [0.05, 0.1) is 6.42 Å². The highest BCUT2D eigenvalue weighted by atomic mass is 16.2. The van der Waals surface area contributed by atoms with E-state index in [0.717, 1.165) is 51.9 Å². The van der Waals surface area contributed by atoms with Crippen LogP contribution < -0.4 is 5.43 Å². The van der Waals surface area contributed by atoms with Crippen LogP contribution >= 0.6 is 0 Å². The zero-order valence-electron chi connectivity index (χ0n) is 12.9. The van der Waals surface area contributed by atoms with Gasteiger partial charge in [-0.15, -0.1) is 0 Å². The molecule has 118 valence electrons. The first-order chi connectivity index (χ1) is 10.1. The lowest BCUT2D eigenvalue weighted by Gasteiger charge is -2.34. The number of rotatable bonds is 3. The van der Waals surface area contributed by atoms with Gasteiger partial charge >= 0.3 is 0 Å². The van der Waals surface area contributed by atoms with E-state index in [1.165, 1.54) is 6.42 Å². The molecule has 0 radical (unpaired) electrons. The predicted octanol–water partition coefficient (Wildman–Crippen LogP) is 0.199. The molecule has 3 aliphatic rings. The average molecular weight is 294 g/mol. The summed E-state index contributed by atoms with van der Waals surface area (Å²) in [6.07, 6.45) is 5.80. The van der Waals surface area contributed by atoms with Gasteiger partial charge in [0.2, 0.25) is 11.8 Å². The van der Waals surface area contributed by atoms with Crippen molar-refractivity contribution in [3.63, 3.8) is 0 Å². The summed E-state index contributed by atoms with van der Waals surface area (Å²) in [4.78, 5) is 28.6. The molecule has 0 bridgehead atoms. The van der Waals surface area contributed by atoms with Crippen LogP contribution in [0.1, 0.15) is 38.5 Å². The molecule has 2 amide bonds. The highest BCUT2D eigenvalue weighted by Crippen LogP contribution is 2.27. The van der Waals surface area contributed by atoms with Crippen LogP contribution in [0.15, 0.2) is 0 Å². The summed E-state index contributed by atoms with van der Waals surface area (Å²) < 4.78 is 0. The third-order valence-corrected chi connectivity index (χ3v) is 4.96. The number of hydrogen-bond acceptors (Lipinski definition) is 5. The number of likely N-dealkylation sites (tertiary alicyclic amines) is 1. The molecule has 0 aromatic rings. The van der Waals surface area contributed by atoms with E-state index in [1.54, 1.807) is 4.90 Å². The van der Waals surface area contributed by atoms with E-state index < -0.39 is 0 Å². The SMILES string of the molecule is CN1CCN(NC2CC(=O)N(C3CCCCC3)C2=O)CC1. The third kappa shape index (κ3) is 3.27. The molecule has 1 saturated carbocycles. The maximum atomic E-state index is 12.6. The first kappa shape index (κ1) is 14.9. The fourth-order valence-electron chi connectivity index (χ4n) is 3.63. The van der Waals surface area contributed by atoms with Crippen molar-refractivity contribution >= 4 is 11.8 Å². The maximum Gasteiger partial charge on any atom is 0.248 e. The van der Waals surface area contributed by atoms with Crippen LogP contribution in [0.2, 0.25) is 0 Å². The van der Waals surface area contributed by atoms with Crippen LogP contribution in [0.25, 0.3) is 0 Å². The summed E-state index contributed by atoms with van der Waals surface area (Å²) in [5.41, 5.74) is 3.28. The number of nitrogens with one attached hydrogen (secondary N) is 1.